The highest BCUT2D eigenvalue weighted by atomic mass is 19.1. The number of aromatic nitrogens is 3. The lowest BCUT2D eigenvalue weighted by Gasteiger charge is -2.36. The van der Waals surface area contributed by atoms with E-state index in [9.17, 15) is 4.39 Å². The maximum atomic E-state index is 13.4. The molecule has 1 N–H and O–H groups in total. The highest BCUT2D eigenvalue weighted by Crippen LogP contribution is 2.40. The highest BCUT2D eigenvalue weighted by Gasteiger charge is 2.27. The van der Waals surface area contributed by atoms with Crippen LogP contribution in [0.25, 0.3) is 5.70 Å². The standard InChI is InChI=1S/C21H21FN4O/c1-2-27-21-13-20(15-7-9-16(22)10-8-15)26(12-11-17-14-23-25-24-17)19-6-4-3-5-18(19)21/h3-10,13-14,21H,2,11-12H2,1H3,(H,23,24,25). The number of ether oxygens (including phenoxy) is 1. The van der Waals surface area contributed by atoms with Crippen LogP contribution < -0.4 is 4.90 Å². The van der Waals surface area contributed by atoms with Crippen LogP contribution in [0.2, 0.25) is 0 Å². The van der Waals surface area contributed by atoms with E-state index >= 15 is 0 Å². The summed E-state index contributed by atoms with van der Waals surface area (Å²) < 4.78 is 19.4. The van der Waals surface area contributed by atoms with Gasteiger partial charge in [-0.15, -0.1) is 5.10 Å². The summed E-state index contributed by atoms with van der Waals surface area (Å²) in [6, 6.07) is 14.8. The molecule has 1 aliphatic rings. The van der Waals surface area contributed by atoms with E-state index in [0.717, 1.165) is 41.2 Å². The molecule has 2 heterocycles. The number of nitrogens with one attached hydrogen (secondary N) is 1. The lowest BCUT2D eigenvalue weighted by Crippen LogP contribution is -2.29. The first kappa shape index (κ1) is 17.4. The van der Waals surface area contributed by atoms with Gasteiger partial charge in [0.05, 0.1) is 11.9 Å². The van der Waals surface area contributed by atoms with Crippen LogP contribution in [0.1, 0.15) is 29.8 Å². The number of anilines is 1. The quantitative estimate of drug-likeness (QED) is 0.715. The van der Waals surface area contributed by atoms with Crippen LogP contribution in [0.5, 0.6) is 0 Å². The molecule has 3 aromatic rings. The SMILES string of the molecule is CCOC1C=C(c2ccc(F)cc2)N(CCc2cnn[nH]2)c2ccccc21. The third kappa shape index (κ3) is 3.61. The molecular formula is C21H21FN4O. The van der Waals surface area contributed by atoms with Crippen molar-refractivity contribution in [3.05, 3.63) is 83.4 Å². The maximum Gasteiger partial charge on any atom is 0.123 e. The fraction of sp³-hybridized carbons (Fsp3) is 0.238. The Bertz CT molecular complexity index is 922. The molecule has 2 aromatic carbocycles. The number of fused-ring (bicyclic) bond motifs is 1. The second kappa shape index (κ2) is 7.72. The minimum Gasteiger partial charge on any atom is -0.370 e. The molecular weight excluding hydrogens is 343 g/mol. The van der Waals surface area contributed by atoms with E-state index in [4.69, 9.17) is 4.74 Å². The van der Waals surface area contributed by atoms with E-state index in [2.05, 4.69) is 38.5 Å². The molecule has 0 fully saturated rings. The van der Waals surface area contributed by atoms with Crippen molar-refractivity contribution in [2.24, 2.45) is 0 Å². The number of hydrogen-bond acceptors (Lipinski definition) is 4. The van der Waals surface area contributed by atoms with Crippen molar-refractivity contribution in [2.45, 2.75) is 19.4 Å². The Kier molecular flexibility index (Phi) is 4.98. The molecule has 1 atom stereocenters. The topological polar surface area (TPSA) is 54.0 Å². The molecule has 6 heteroatoms. The molecule has 27 heavy (non-hydrogen) atoms. The molecule has 0 bridgehead atoms. The lowest BCUT2D eigenvalue weighted by molar-refractivity contribution is 0.0965. The van der Waals surface area contributed by atoms with Gasteiger partial charge in [0.2, 0.25) is 0 Å². The molecule has 1 aliphatic heterocycles. The zero-order chi connectivity index (χ0) is 18.6. The number of hydrogen-bond donors (Lipinski definition) is 1. The average molecular weight is 364 g/mol. The number of aromatic amines is 1. The molecule has 138 valence electrons. The Morgan fingerprint density at radius 1 is 1.15 bits per heavy atom. The molecule has 1 aromatic heterocycles. The van der Waals surface area contributed by atoms with E-state index in [1.807, 2.05) is 31.2 Å². The Morgan fingerprint density at radius 2 is 1.96 bits per heavy atom. The fourth-order valence-corrected chi connectivity index (χ4v) is 3.43. The van der Waals surface area contributed by atoms with Crippen molar-refractivity contribution in [2.75, 3.05) is 18.1 Å². The summed E-state index contributed by atoms with van der Waals surface area (Å²) in [7, 11) is 0. The van der Waals surface area contributed by atoms with E-state index in [-0.39, 0.29) is 11.9 Å². The first-order valence-corrected chi connectivity index (χ1v) is 9.07. The minimum atomic E-state index is -0.244. The summed E-state index contributed by atoms with van der Waals surface area (Å²) >= 11 is 0. The maximum absolute atomic E-state index is 13.4. The van der Waals surface area contributed by atoms with Crippen LogP contribution in [-0.2, 0) is 11.2 Å². The van der Waals surface area contributed by atoms with Crippen LogP contribution in [-0.4, -0.2) is 28.6 Å². The van der Waals surface area contributed by atoms with E-state index in [1.165, 1.54) is 12.1 Å². The van der Waals surface area contributed by atoms with Crippen LogP contribution in [0, 0.1) is 5.82 Å². The Hall–Kier alpha value is -2.99. The van der Waals surface area contributed by atoms with Gasteiger partial charge in [0.25, 0.3) is 0 Å². The van der Waals surface area contributed by atoms with Gasteiger partial charge in [0.15, 0.2) is 0 Å². The Labute approximate surface area is 157 Å². The molecule has 0 amide bonds. The van der Waals surface area contributed by atoms with Gasteiger partial charge in [0, 0.05) is 36.5 Å². The first-order valence-electron chi connectivity index (χ1n) is 9.07. The summed E-state index contributed by atoms with van der Waals surface area (Å²) in [6.45, 7) is 3.35. The largest absolute Gasteiger partial charge is 0.370 e. The lowest BCUT2D eigenvalue weighted by atomic mass is 9.96. The van der Waals surface area contributed by atoms with Crippen molar-refractivity contribution >= 4 is 11.4 Å². The van der Waals surface area contributed by atoms with Crippen LogP contribution >= 0.6 is 0 Å². The molecule has 5 nitrogen and oxygen atoms in total. The second-order valence-corrected chi connectivity index (χ2v) is 6.38. The van der Waals surface area contributed by atoms with Crippen molar-refractivity contribution < 1.29 is 9.13 Å². The molecule has 4 rings (SSSR count). The fourth-order valence-electron chi connectivity index (χ4n) is 3.43. The van der Waals surface area contributed by atoms with E-state index in [1.54, 1.807) is 6.20 Å². The van der Waals surface area contributed by atoms with Crippen molar-refractivity contribution in [1.82, 2.24) is 15.4 Å². The van der Waals surface area contributed by atoms with Gasteiger partial charge in [-0.25, -0.2) is 4.39 Å². The highest BCUT2D eigenvalue weighted by molar-refractivity contribution is 5.84. The summed E-state index contributed by atoms with van der Waals surface area (Å²) in [5, 5.41) is 10.5. The molecule has 0 saturated carbocycles. The minimum absolute atomic E-state index is 0.128. The van der Waals surface area contributed by atoms with Gasteiger partial charge in [0.1, 0.15) is 11.9 Å². The van der Waals surface area contributed by atoms with Crippen molar-refractivity contribution in [1.29, 1.82) is 0 Å². The second-order valence-electron chi connectivity index (χ2n) is 6.38. The average Bonchev–Trinajstić information content (AvgIpc) is 3.21. The van der Waals surface area contributed by atoms with Gasteiger partial charge in [-0.05, 0) is 48.9 Å². The van der Waals surface area contributed by atoms with Gasteiger partial charge < -0.3 is 9.64 Å². The van der Waals surface area contributed by atoms with Crippen LogP contribution in [0.15, 0.2) is 60.8 Å². The predicted molar refractivity (Wildman–Crippen MR) is 103 cm³/mol. The summed E-state index contributed by atoms with van der Waals surface area (Å²) in [5.41, 5.74) is 5.18. The van der Waals surface area contributed by atoms with Crippen molar-refractivity contribution in [3.63, 3.8) is 0 Å². The number of para-hydroxylation sites is 1. The van der Waals surface area contributed by atoms with Crippen molar-refractivity contribution in [3.8, 4) is 0 Å². The van der Waals surface area contributed by atoms with Gasteiger partial charge in [-0.1, -0.05) is 23.4 Å². The zero-order valence-corrected chi connectivity index (χ0v) is 15.1. The van der Waals surface area contributed by atoms with Gasteiger partial charge >= 0.3 is 0 Å². The number of rotatable bonds is 6. The van der Waals surface area contributed by atoms with Crippen LogP contribution in [0.3, 0.4) is 0 Å². The normalized spacial score (nSPS) is 16.1. The third-order valence-electron chi connectivity index (χ3n) is 4.69. The van der Waals surface area contributed by atoms with E-state index < -0.39 is 0 Å². The Morgan fingerprint density at radius 3 is 2.70 bits per heavy atom. The van der Waals surface area contributed by atoms with E-state index in [0.29, 0.717) is 6.61 Å². The number of benzene rings is 2. The van der Waals surface area contributed by atoms with Gasteiger partial charge in [-0.2, -0.15) is 0 Å². The summed E-state index contributed by atoms with van der Waals surface area (Å²) in [4.78, 5) is 2.25. The molecule has 0 radical (unpaired) electrons. The first-order chi connectivity index (χ1) is 13.3. The number of halogens is 1. The molecule has 0 aliphatic carbocycles. The smallest absolute Gasteiger partial charge is 0.123 e. The predicted octanol–water partition coefficient (Wildman–Crippen LogP) is 4.13. The molecule has 0 saturated heterocycles. The monoisotopic (exact) mass is 364 g/mol. The molecule has 1 unspecified atom stereocenters. The van der Waals surface area contributed by atoms with Gasteiger partial charge in [-0.3, -0.25) is 5.10 Å². The number of H-pyrrole nitrogens is 1. The number of nitrogens with zero attached hydrogens (tertiary/aromatic N) is 3. The third-order valence-corrected chi connectivity index (χ3v) is 4.69. The zero-order valence-electron chi connectivity index (χ0n) is 15.1. The Balaban J connectivity index is 1.75. The van der Waals surface area contributed by atoms with Crippen LogP contribution in [0.4, 0.5) is 10.1 Å². The molecule has 0 spiro atoms. The summed E-state index contributed by atoms with van der Waals surface area (Å²) in [6.07, 6.45) is 4.49. The summed E-state index contributed by atoms with van der Waals surface area (Å²) in [5.74, 6) is -0.244.